The van der Waals surface area contributed by atoms with Crippen LogP contribution >= 0.6 is 0 Å². The van der Waals surface area contributed by atoms with Crippen molar-refractivity contribution in [3.8, 4) is 0 Å². The molecule has 1 heteroatoms. The van der Waals surface area contributed by atoms with Crippen molar-refractivity contribution in [1.82, 2.24) is 5.32 Å². The van der Waals surface area contributed by atoms with Gasteiger partial charge >= 0.3 is 0 Å². The Bertz CT molecular complexity index is 200. The molecule has 5 atom stereocenters. The molecule has 0 aromatic rings. The van der Waals surface area contributed by atoms with Crippen molar-refractivity contribution in [3.63, 3.8) is 0 Å². The number of nitrogens with one attached hydrogen (secondary N) is 1. The van der Waals surface area contributed by atoms with E-state index in [1.54, 1.807) is 0 Å². The topological polar surface area (TPSA) is 12.0 Å². The van der Waals surface area contributed by atoms with Gasteiger partial charge in [-0.1, -0.05) is 53.9 Å². The number of rotatable bonds is 4. The maximum Gasteiger partial charge on any atom is 0.0121 e. The van der Waals surface area contributed by atoms with Crippen LogP contribution in [-0.4, -0.2) is 12.1 Å². The minimum absolute atomic E-state index is 0.699. The first kappa shape index (κ1) is 14.0. The molecule has 0 aromatic heterocycles. The molecular weight excluding hydrogens is 194 g/mol. The molecule has 1 saturated heterocycles. The summed E-state index contributed by atoms with van der Waals surface area (Å²) < 4.78 is 0. The van der Waals surface area contributed by atoms with Gasteiger partial charge in [-0.05, 0) is 30.6 Å². The van der Waals surface area contributed by atoms with Gasteiger partial charge < -0.3 is 5.32 Å². The quantitative estimate of drug-likeness (QED) is 0.760. The summed E-state index contributed by atoms with van der Waals surface area (Å²) in [6.45, 7) is 14.3. The van der Waals surface area contributed by atoms with Gasteiger partial charge in [0.2, 0.25) is 0 Å². The molecule has 0 spiro atoms. The van der Waals surface area contributed by atoms with Crippen LogP contribution in [-0.2, 0) is 0 Å². The van der Waals surface area contributed by atoms with Crippen molar-refractivity contribution in [2.45, 2.75) is 72.9 Å². The predicted molar refractivity (Wildman–Crippen MR) is 72.6 cm³/mol. The number of hydrogen-bond acceptors (Lipinski definition) is 1. The van der Waals surface area contributed by atoms with Crippen LogP contribution in [0.1, 0.15) is 60.8 Å². The van der Waals surface area contributed by atoms with E-state index in [9.17, 15) is 0 Å². The van der Waals surface area contributed by atoms with Crippen molar-refractivity contribution in [1.29, 1.82) is 0 Å². The Labute approximate surface area is 102 Å². The second-order valence-corrected chi connectivity index (χ2v) is 6.11. The maximum atomic E-state index is 3.85. The van der Waals surface area contributed by atoms with Crippen LogP contribution in [0.25, 0.3) is 0 Å². The van der Waals surface area contributed by atoms with E-state index in [0.29, 0.717) is 12.1 Å². The van der Waals surface area contributed by atoms with Crippen molar-refractivity contribution in [3.05, 3.63) is 0 Å². The monoisotopic (exact) mass is 225 g/mol. The third-order valence-corrected chi connectivity index (χ3v) is 4.70. The van der Waals surface area contributed by atoms with Gasteiger partial charge in [-0.25, -0.2) is 0 Å². The Morgan fingerprint density at radius 2 is 1.69 bits per heavy atom. The highest BCUT2D eigenvalue weighted by Crippen LogP contribution is 2.38. The molecule has 0 amide bonds. The summed E-state index contributed by atoms with van der Waals surface area (Å²) in [6.07, 6.45) is 4.08. The Morgan fingerprint density at radius 3 is 2.12 bits per heavy atom. The summed E-state index contributed by atoms with van der Waals surface area (Å²) >= 11 is 0. The van der Waals surface area contributed by atoms with Crippen molar-refractivity contribution in [2.24, 2.45) is 23.7 Å². The highest BCUT2D eigenvalue weighted by atomic mass is 15.0. The molecule has 0 aliphatic carbocycles. The lowest BCUT2D eigenvalue weighted by molar-refractivity contribution is 0.0640. The minimum Gasteiger partial charge on any atom is -0.311 e. The lowest BCUT2D eigenvalue weighted by atomic mass is 9.67. The fourth-order valence-electron chi connectivity index (χ4n) is 3.87. The van der Waals surface area contributed by atoms with Gasteiger partial charge in [0.15, 0.2) is 0 Å². The zero-order valence-corrected chi connectivity index (χ0v) is 12.1. The Morgan fingerprint density at radius 1 is 1.06 bits per heavy atom. The van der Waals surface area contributed by atoms with Crippen LogP contribution < -0.4 is 5.32 Å². The van der Waals surface area contributed by atoms with Crippen LogP contribution in [0.5, 0.6) is 0 Å². The average molecular weight is 225 g/mol. The van der Waals surface area contributed by atoms with Gasteiger partial charge in [0.1, 0.15) is 0 Å². The van der Waals surface area contributed by atoms with E-state index in [1.807, 2.05) is 0 Å². The molecule has 1 aliphatic heterocycles. The summed E-state index contributed by atoms with van der Waals surface area (Å²) in [7, 11) is 0. The zero-order valence-electron chi connectivity index (χ0n) is 12.1. The first-order valence-corrected chi connectivity index (χ1v) is 7.28. The molecule has 5 unspecified atom stereocenters. The molecule has 0 bridgehead atoms. The first-order valence-electron chi connectivity index (χ1n) is 7.28. The molecule has 16 heavy (non-hydrogen) atoms. The first-order chi connectivity index (χ1) is 7.52. The Kier molecular flexibility index (Phi) is 5.30. The number of piperidine rings is 1. The van der Waals surface area contributed by atoms with Gasteiger partial charge in [0.05, 0.1) is 0 Å². The summed E-state index contributed by atoms with van der Waals surface area (Å²) in [4.78, 5) is 0. The molecule has 0 radical (unpaired) electrons. The highest BCUT2D eigenvalue weighted by Gasteiger charge is 2.39. The molecule has 1 nitrogen and oxygen atoms in total. The van der Waals surface area contributed by atoms with E-state index in [1.165, 1.54) is 19.3 Å². The van der Waals surface area contributed by atoms with E-state index in [2.05, 4.69) is 46.9 Å². The second kappa shape index (κ2) is 6.05. The fraction of sp³-hybridized carbons (Fsp3) is 1.00. The normalized spacial score (nSPS) is 40.3. The summed E-state index contributed by atoms with van der Waals surface area (Å²) in [5.74, 6) is 3.40. The Balaban J connectivity index is 2.80. The minimum atomic E-state index is 0.699. The molecule has 1 fully saturated rings. The van der Waals surface area contributed by atoms with E-state index in [0.717, 1.165) is 23.7 Å². The van der Waals surface area contributed by atoms with Crippen LogP contribution in [0.3, 0.4) is 0 Å². The zero-order chi connectivity index (χ0) is 12.3. The second-order valence-electron chi connectivity index (χ2n) is 6.11. The van der Waals surface area contributed by atoms with E-state index in [-0.39, 0.29) is 0 Å². The third kappa shape index (κ3) is 2.80. The third-order valence-electron chi connectivity index (χ3n) is 4.70. The lowest BCUT2D eigenvalue weighted by Crippen LogP contribution is -2.56. The fourth-order valence-corrected chi connectivity index (χ4v) is 3.87. The van der Waals surface area contributed by atoms with E-state index >= 15 is 0 Å². The van der Waals surface area contributed by atoms with E-state index in [4.69, 9.17) is 0 Å². The summed E-state index contributed by atoms with van der Waals surface area (Å²) in [5.41, 5.74) is 0. The van der Waals surface area contributed by atoms with Gasteiger partial charge in [-0.2, -0.15) is 0 Å². The van der Waals surface area contributed by atoms with Crippen LogP contribution in [0.4, 0.5) is 0 Å². The Hall–Kier alpha value is -0.0400. The molecule has 96 valence electrons. The molecule has 1 aliphatic rings. The molecule has 1 N–H and O–H groups in total. The maximum absolute atomic E-state index is 3.85. The van der Waals surface area contributed by atoms with E-state index < -0.39 is 0 Å². The van der Waals surface area contributed by atoms with Crippen LogP contribution in [0, 0.1) is 23.7 Å². The number of hydrogen-bond donors (Lipinski definition) is 1. The van der Waals surface area contributed by atoms with Crippen molar-refractivity contribution >= 4 is 0 Å². The van der Waals surface area contributed by atoms with Gasteiger partial charge in [0, 0.05) is 12.1 Å². The van der Waals surface area contributed by atoms with Crippen LogP contribution in [0.2, 0.25) is 0 Å². The summed E-state index contributed by atoms with van der Waals surface area (Å²) in [6, 6.07) is 1.42. The van der Waals surface area contributed by atoms with Crippen molar-refractivity contribution in [2.75, 3.05) is 0 Å². The predicted octanol–water partition coefficient (Wildman–Crippen LogP) is 4.08. The van der Waals surface area contributed by atoms with Crippen LogP contribution in [0.15, 0.2) is 0 Å². The van der Waals surface area contributed by atoms with Crippen molar-refractivity contribution < 1.29 is 0 Å². The summed E-state index contributed by atoms with van der Waals surface area (Å²) in [5, 5.41) is 3.85. The van der Waals surface area contributed by atoms with Gasteiger partial charge in [0.25, 0.3) is 0 Å². The lowest BCUT2D eigenvalue weighted by Gasteiger charge is -2.48. The average Bonchev–Trinajstić information content (AvgIpc) is 2.23. The molecular formula is C15H31N. The standard InChI is InChI=1S/C15H31N/c1-7-9-14-11(5)15(10(3)4)16-12(6)13(14)8-2/h10-16H,7-9H2,1-6H3. The SMILES string of the molecule is CCCC1C(C)C(C(C)C)NC(C)C1CC. The molecule has 1 rings (SSSR count). The molecule has 0 saturated carbocycles. The largest absolute Gasteiger partial charge is 0.311 e. The van der Waals surface area contributed by atoms with Gasteiger partial charge in [-0.15, -0.1) is 0 Å². The molecule has 1 heterocycles. The molecule has 0 aromatic carbocycles. The van der Waals surface area contributed by atoms with Gasteiger partial charge in [-0.3, -0.25) is 0 Å². The smallest absolute Gasteiger partial charge is 0.0121 e. The highest BCUT2D eigenvalue weighted by molar-refractivity contribution is 4.94.